The summed E-state index contributed by atoms with van der Waals surface area (Å²) in [5, 5.41) is 3.75. The first-order chi connectivity index (χ1) is 9.58. The van der Waals surface area contributed by atoms with Crippen molar-refractivity contribution in [2.45, 2.75) is 57.5 Å². The van der Waals surface area contributed by atoms with Crippen molar-refractivity contribution in [3.05, 3.63) is 24.2 Å². The summed E-state index contributed by atoms with van der Waals surface area (Å²) >= 11 is 0. The van der Waals surface area contributed by atoms with Gasteiger partial charge in [0.2, 0.25) is 0 Å². The first-order valence-electron chi connectivity index (χ1n) is 8.00. The third kappa shape index (κ3) is 3.26. The summed E-state index contributed by atoms with van der Waals surface area (Å²) in [5.74, 6) is 0.816. The highest BCUT2D eigenvalue weighted by Gasteiger charge is 2.43. The molecule has 1 aromatic heterocycles. The Kier molecular flexibility index (Phi) is 5.28. The Morgan fingerprint density at radius 2 is 2.30 bits per heavy atom. The molecule has 3 atom stereocenters. The Bertz CT molecular complexity index is 388. The highest BCUT2D eigenvalue weighted by atomic mass is 16.3. The first kappa shape index (κ1) is 15.6. The normalized spacial score (nSPS) is 28.8. The highest BCUT2D eigenvalue weighted by Crippen LogP contribution is 2.39. The van der Waals surface area contributed by atoms with Gasteiger partial charge in [-0.05, 0) is 57.5 Å². The molecule has 3 unspecified atom stereocenters. The van der Waals surface area contributed by atoms with E-state index in [-0.39, 0.29) is 5.54 Å². The minimum absolute atomic E-state index is 0.269. The zero-order valence-electron chi connectivity index (χ0n) is 13.5. The molecular weight excluding hydrogens is 248 g/mol. The van der Waals surface area contributed by atoms with E-state index in [1.807, 2.05) is 6.26 Å². The molecule has 3 heteroatoms. The van der Waals surface area contributed by atoms with E-state index in [1.165, 1.54) is 31.2 Å². The molecule has 2 rings (SSSR count). The summed E-state index contributed by atoms with van der Waals surface area (Å²) in [5.41, 5.74) is 1.57. The fourth-order valence-corrected chi connectivity index (χ4v) is 3.94. The van der Waals surface area contributed by atoms with Crippen molar-refractivity contribution in [3.8, 4) is 0 Å². The second-order valence-corrected chi connectivity index (χ2v) is 6.65. The maximum absolute atomic E-state index is 5.25. The van der Waals surface area contributed by atoms with E-state index in [0.29, 0.717) is 6.04 Å². The quantitative estimate of drug-likeness (QED) is 0.865. The lowest BCUT2D eigenvalue weighted by atomic mass is 9.70. The van der Waals surface area contributed by atoms with E-state index in [4.69, 9.17) is 4.42 Å². The summed E-state index contributed by atoms with van der Waals surface area (Å²) in [6, 6.07) is 2.59. The van der Waals surface area contributed by atoms with Crippen LogP contribution in [0.15, 0.2) is 23.0 Å². The average molecular weight is 278 g/mol. The fraction of sp³-hybridized carbons (Fsp3) is 0.765. The van der Waals surface area contributed by atoms with Gasteiger partial charge in [0.15, 0.2) is 0 Å². The number of hydrogen-bond donors (Lipinski definition) is 1. The lowest BCUT2D eigenvalue weighted by Gasteiger charge is -2.50. The van der Waals surface area contributed by atoms with Gasteiger partial charge in [0.05, 0.1) is 12.5 Å². The minimum atomic E-state index is 0.269. The molecule has 1 fully saturated rings. The monoisotopic (exact) mass is 278 g/mol. The van der Waals surface area contributed by atoms with Crippen LogP contribution in [0, 0.1) is 5.92 Å². The van der Waals surface area contributed by atoms with Crippen LogP contribution < -0.4 is 5.32 Å². The number of likely N-dealkylation sites (N-methyl/N-ethyl adjacent to an activating group) is 2. The molecule has 1 N–H and O–H groups in total. The van der Waals surface area contributed by atoms with E-state index in [2.05, 4.69) is 44.2 Å². The van der Waals surface area contributed by atoms with Crippen molar-refractivity contribution in [2.75, 3.05) is 20.6 Å². The molecule has 0 aromatic carbocycles. The number of hydrogen-bond acceptors (Lipinski definition) is 3. The Balaban J connectivity index is 2.22. The molecular formula is C17H30N2O. The van der Waals surface area contributed by atoms with Gasteiger partial charge in [0.1, 0.15) is 0 Å². The summed E-state index contributed by atoms with van der Waals surface area (Å²) < 4.78 is 5.25. The van der Waals surface area contributed by atoms with Crippen LogP contribution in [0.5, 0.6) is 0 Å². The van der Waals surface area contributed by atoms with Gasteiger partial charge >= 0.3 is 0 Å². The predicted octanol–water partition coefficient (Wildman–Crippen LogP) is 3.31. The molecule has 0 bridgehead atoms. The van der Waals surface area contributed by atoms with E-state index in [9.17, 15) is 0 Å². The van der Waals surface area contributed by atoms with E-state index in [1.54, 1.807) is 6.26 Å². The summed E-state index contributed by atoms with van der Waals surface area (Å²) in [4.78, 5) is 2.47. The topological polar surface area (TPSA) is 28.4 Å². The number of nitrogens with one attached hydrogen (secondary N) is 1. The minimum Gasteiger partial charge on any atom is -0.472 e. The van der Waals surface area contributed by atoms with Crippen molar-refractivity contribution in [2.24, 2.45) is 5.92 Å². The van der Waals surface area contributed by atoms with Crippen molar-refractivity contribution in [3.63, 3.8) is 0 Å². The molecule has 3 nitrogen and oxygen atoms in total. The zero-order chi connectivity index (χ0) is 14.6. The molecule has 0 amide bonds. The van der Waals surface area contributed by atoms with Gasteiger partial charge in [-0.15, -0.1) is 0 Å². The van der Waals surface area contributed by atoms with Gasteiger partial charge in [-0.25, -0.2) is 0 Å². The molecule has 1 aliphatic carbocycles. The average Bonchev–Trinajstić information content (AvgIpc) is 2.91. The van der Waals surface area contributed by atoms with Crippen LogP contribution in [0.2, 0.25) is 0 Å². The molecule has 20 heavy (non-hydrogen) atoms. The van der Waals surface area contributed by atoms with E-state index in [0.717, 1.165) is 18.9 Å². The van der Waals surface area contributed by atoms with Crippen molar-refractivity contribution >= 4 is 0 Å². The summed E-state index contributed by atoms with van der Waals surface area (Å²) in [7, 11) is 4.50. The molecule has 1 aromatic rings. The summed E-state index contributed by atoms with van der Waals surface area (Å²) in [6.07, 6.45) is 10.0. The van der Waals surface area contributed by atoms with Gasteiger partial charge in [-0.2, -0.15) is 0 Å². The number of furan rings is 1. The molecule has 0 spiro atoms. The van der Waals surface area contributed by atoms with Gasteiger partial charge in [-0.3, -0.25) is 0 Å². The van der Waals surface area contributed by atoms with Crippen LogP contribution in [0.1, 0.15) is 45.1 Å². The van der Waals surface area contributed by atoms with Crippen molar-refractivity contribution in [1.29, 1.82) is 0 Å². The second-order valence-electron chi connectivity index (χ2n) is 6.65. The maximum atomic E-state index is 5.25. The standard InChI is InChI=1S/C17H30N2O/c1-5-18-16(11-15-8-10-20-13-15)17(19(3)4)9-6-7-14(2)12-17/h8,10,13-14,16,18H,5-7,9,11-12H2,1-4H3. The van der Waals surface area contributed by atoms with Gasteiger partial charge in [-0.1, -0.05) is 26.7 Å². The van der Waals surface area contributed by atoms with Crippen LogP contribution in [-0.2, 0) is 6.42 Å². The Morgan fingerprint density at radius 1 is 1.50 bits per heavy atom. The molecule has 0 aliphatic heterocycles. The van der Waals surface area contributed by atoms with Crippen LogP contribution >= 0.6 is 0 Å². The summed E-state index contributed by atoms with van der Waals surface area (Å²) in [6.45, 7) is 5.63. The lowest BCUT2D eigenvalue weighted by molar-refractivity contribution is 0.0378. The first-order valence-corrected chi connectivity index (χ1v) is 8.00. The molecule has 0 saturated heterocycles. The fourth-order valence-electron chi connectivity index (χ4n) is 3.94. The molecule has 1 aliphatic rings. The van der Waals surface area contributed by atoms with Crippen LogP contribution in [0.3, 0.4) is 0 Å². The van der Waals surface area contributed by atoms with Crippen molar-refractivity contribution < 1.29 is 4.42 Å². The van der Waals surface area contributed by atoms with Gasteiger partial charge in [0, 0.05) is 11.6 Å². The van der Waals surface area contributed by atoms with Crippen LogP contribution in [0.4, 0.5) is 0 Å². The Morgan fingerprint density at radius 3 is 2.85 bits per heavy atom. The number of rotatable bonds is 6. The highest BCUT2D eigenvalue weighted by molar-refractivity contribution is 5.12. The zero-order valence-corrected chi connectivity index (χ0v) is 13.5. The van der Waals surface area contributed by atoms with Crippen LogP contribution in [0.25, 0.3) is 0 Å². The third-order valence-electron chi connectivity index (χ3n) is 5.02. The van der Waals surface area contributed by atoms with Crippen molar-refractivity contribution in [1.82, 2.24) is 10.2 Å². The predicted molar refractivity (Wildman–Crippen MR) is 83.9 cm³/mol. The third-order valence-corrected chi connectivity index (χ3v) is 5.02. The van der Waals surface area contributed by atoms with E-state index < -0.39 is 0 Å². The van der Waals surface area contributed by atoms with E-state index >= 15 is 0 Å². The maximum Gasteiger partial charge on any atom is 0.0935 e. The molecule has 1 saturated carbocycles. The lowest BCUT2D eigenvalue weighted by Crippen LogP contribution is -2.61. The Hall–Kier alpha value is -0.800. The smallest absolute Gasteiger partial charge is 0.0935 e. The van der Waals surface area contributed by atoms with Crippen LogP contribution in [-0.4, -0.2) is 37.1 Å². The van der Waals surface area contributed by atoms with Gasteiger partial charge in [0.25, 0.3) is 0 Å². The second kappa shape index (κ2) is 6.77. The molecule has 1 heterocycles. The SMILES string of the molecule is CCNC(Cc1ccoc1)C1(N(C)C)CCCC(C)C1. The largest absolute Gasteiger partial charge is 0.472 e. The number of nitrogens with zero attached hydrogens (tertiary/aromatic N) is 1. The Labute approximate surface area is 123 Å². The van der Waals surface area contributed by atoms with Gasteiger partial charge < -0.3 is 14.6 Å². The molecule has 0 radical (unpaired) electrons. The molecule has 114 valence electrons.